The van der Waals surface area contributed by atoms with E-state index in [1.807, 2.05) is 0 Å². The lowest BCUT2D eigenvalue weighted by Gasteiger charge is -2.08. The molecule has 1 aromatic carbocycles. The first-order chi connectivity index (χ1) is 8.13. The van der Waals surface area contributed by atoms with Gasteiger partial charge in [-0.3, -0.25) is 0 Å². The summed E-state index contributed by atoms with van der Waals surface area (Å²) >= 11 is 0. The van der Waals surface area contributed by atoms with E-state index in [4.69, 9.17) is 4.74 Å². The Morgan fingerprint density at radius 1 is 1.47 bits per heavy atom. The largest absolute Gasteiger partial charge is 0.490 e. The van der Waals surface area contributed by atoms with Crippen molar-refractivity contribution < 1.29 is 13.9 Å². The number of nitrogens with zero attached hydrogens (tertiary/aromatic N) is 1. The number of benzene rings is 1. The van der Waals surface area contributed by atoms with E-state index in [1.165, 1.54) is 24.3 Å². The summed E-state index contributed by atoms with van der Waals surface area (Å²) < 4.78 is 18.6. The first kappa shape index (κ1) is 13.4. The van der Waals surface area contributed by atoms with Crippen LogP contribution in [0.4, 0.5) is 10.1 Å². The second-order valence-corrected chi connectivity index (χ2v) is 4.20. The van der Waals surface area contributed by atoms with E-state index < -0.39 is 5.82 Å². The van der Waals surface area contributed by atoms with E-state index in [0.717, 1.165) is 12.8 Å². The molecule has 92 valence electrons. The van der Waals surface area contributed by atoms with Gasteiger partial charge in [-0.25, -0.2) is 9.18 Å². The average Bonchev–Trinajstić information content (AvgIpc) is 2.28. The fourth-order valence-electron chi connectivity index (χ4n) is 1.40. The summed E-state index contributed by atoms with van der Waals surface area (Å²) in [6.45, 7) is 4.71. The predicted molar refractivity (Wildman–Crippen MR) is 63.7 cm³/mol. The molecule has 0 bridgehead atoms. The van der Waals surface area contributed by atoms with Gasteiger partial charge in [-0.2, -0.15) is 4.99 Å². The van der Waals surface area contributed by atoms with Gasteiger partial charge in [0, 0.05) is 6.07 Å². The molecular formula is C13H16FNO2. The molecule has 4 heteroatoms. The third kappa shape index (κ3) is 4.79. The van der Waals surface area contributed by atoms with Crippen LogP contribution in [0.25, 0.3) is 0 Å². The van der Waals surface area contributed by atoms with Crippen LogP contribution >= 0.6 is 0 Å². The lowest BCUT2D eigenvalue weighted by Crippen LogP contribution is -2.00. The van der Waals surface area contributed by atoms with Crippen LogP contribution in [0.3, 0.4) is 0 Å². The SMILES string of the molecule is CC(C)CCCOc1cc(N=C=O)ccc1F. The minimum Gasteiger partial charge on any atom is -0.490 e. The Bertz CT molecular complexity index is 412. The molecule has 0 aromatic heterocycles. The highest BCUT2D eigenvalue weighted by atomic mass is 19.1. The number of carbonyl (C=O) groups excluding carboxylic acids is 1. The number of rotatable bonds is 6. The molecule has 0 fully saturated rings. The van der Waals surface area contributed by atoms with E-state index in [0.29, 0.717) is 18.2 Å². The maximum Gasteiger partial charge on any atom is 0.240 e. The molecule has 0 saturated carbocycles. The van der Waals surface area contributed by atoms with Crippen molar-refractivity contribution in [2.75, 3.05) is 6.61 Å². The molecule has 0 atom stereocenters. The predicted octanol–water partition coefficient (Wildman–Crippen LogP) is 3.61. The van der Waals surface area contributed by atoms with Gasteiger partial charge < -0.3 is 4.74 Å². The van der Waals surface area contributed by atoms with Gasteiger partial charge in [0.25, 0.3) is 0 Å². The van der Waals surface area contributed by atoms with Crippen molar-refractivity contribution >= 4 is 11.8 Å². The van der Waals surface area contributed by atoms with Crippen LogP contribution in [0.5, 0.6) is 5.75 Å². The Morgan fingerprint density at radius 3 is 2.88 bits per heavy atom. The van der Waals surface area contributed by atoms with Crippen molar-refractivity contribution in [2.45, 2.75) is 26.7 Å². The second-order valence-electron chi connectivity index (χ2n) is 4.20. The fourth-order valence-corrected chi connectivity index (χ4v) is 1.40. The van der Waals surface area contributed by atoms with E-state index in [9.17, 15) is 9.18 Å². The number of hydrogen-bond acceptors (Lipinski definition) is 3. The Kier molecular flexibility index (Phi) is 5.37. The average molecular weight is 237 g/mol. The van der Waals surface area contributed by atoms with Gasteiger partial charge in [0.2, 0.25) is 6.08 Å². The molecule has 0 amide bonds. The number of halogens is 1. The number of ether oxygens (including phenoxy) is 1. The van der Waals surface area contributed by atoms with Gasteiger partial charge in [-0.15, -0.1) is 0 Å². The molecular weight excluding hydrogens is 221 g/mol. The zero-order chi connectivity index (χ0) is 12.7. The fraction of sp³-hybridized carbons (Fsp3) is 0.462. The lowest BCUT2D eigenvalue weighted by atomic mass is 10.1. The van der Waals surface area contributed by atoms with Crippen molar-refractivity contribution in [3.63, 3.8) is 0 Å². The number of aliphatic imine (C=N–C) groups is 1. The van der Waals surface area contributed by atoms with E-state index in [-0.39, 0.29) is 5.75 Å². The molecule has 0 N–H and O–H groups in total. The summed E-state index contributed by atoms with van der Waals surface area (Å²) in [7, 11) is 0. The van der Waals surface area contributed by atoms with Gasteiger partial charge in [-0.1, -0.05) is 13.8 Å². The molecule has 0 heterocycles. The highest BCUT2D eigenvalue weighted by molar-refractivity contribution is 5.51. The Morgan fingerprint density at radius 2 is 2.24 bits per heavy atom. The molecule has 1 aromatic rings. The molecule has 0 spiro atoms. The maximum atomic E-state index is 13.3. The van der Waals surface area contributed by atoms with Gasteiger partial charge in [0.05, 0.1) is 12.3 Å². The van der Waals surface area contributed by atoms with Crippen LogP contribution in [-0.4, -0.2) is 12.7 Å². The number of hydrogen-bond donors (Lipinski definition) is 0. The zero-order valence-electron chi connectivity index (χ0n) is 10.1. The van der Waals surface area contributed by atoms with Gasteiger partial charge in [0.1, 0.15) is 0 Å². The quantitative estimate of drug-likeness (QED) is 0.430. The van der Waals surface area contributed by atoms with Crippen LogP contribution in [0.1, 0.15) is 26.7 Å². The van der Waals surface area contributed by atoms with Crippen LogP contribution < -0.4 is 4.74 Å². The van der Waals surface area contributed by atoms with E-state index >= 15 is 0 Å². The first-order valence-corrected chi connectivity index (χ1v) is 5.63. The van der Waals surface area contributed by atoms with Gasteiger partial charge in [-0.05, 0) is 30.9 Å². The van der Waals surface area contributed by atoms with E-state index in [1.54, 1.807) is 0 Å². The molecule has 1 rings (SSSR count). The summed E-state index contributed by atoms with van der Waals surface area (Å²) in [6, 6.07) is 4.03. The van der Waals surface area contributed by atoms with Crippen LogP contribution in [0.2, 0.25) is 0 Å². The lowest BCUT2D eigenvalue weighted by molar-refractivity contribution is 0.284. The Hall–Kier alpha value is -1.67. The highest BCUT2D eigenvalue weighted by Gasteiger charge is 2.04. The van der Waals surface area contributed by atoms with Crippen molar-refractivity contribution in [1.29, 1.82) is 0 Å². The minimum absolute atomic E-state index is 0.130. The summed E-state index contributed by atoms with van der Waals surface area (Å²) in [5.74, 6) is 0.291. The molecule has 0 aliphatic heterocycles. The van der Waals surface area contributed by atoms with Crippen molar-refractivity contribution in [3.05, 3.63) is 24.0 Å². The van der Waals surface area contributed by atoms with Crippen molar-refractivity contribution in [1.82, 2.24) is 0 Å². The Labute approximate surface area is 100 Å². The van der Waals surface area contributed by atoms with E-state index in [2.05, 4.69) is 18.8 Å². The smallest absolute Gasteiger partial charge is 0.240 e. The van der Waals surface area contributed by atoms with Crippen LogP contribution in [-0.2, 0) is 4.79 Å². The molecule has 0 saturated heterocycles. The standard InChI is InChI=1S/C13H16FNO2/c1-10(2)4-3-7-17-13-8-11(15-9-16)5-6-12(13)14/h5-6,8,10H,3-4,7H2,1-2H3. The summed E-state index contributed by atoms with van der Waals surface area (Å²) in [4.78, 5) is 13.5. The third-order valence-electron chi connectivity index (χ3n) is 2.27. The second kappa shape index (κ2) is 6.81. The van der Waals surface area contributed by atoms with Crippen molar-refractivity contribution in [2.24, 2.45) is 10.9 Å². The summed E-state index contributed by atoms with van der Waals surface area (Å²) in [5.41, 5.74) is 0.347. The number of isocyanates is 1. The monoisotopic (exact) mass is 237 g/mol. The van der Waals surface area contributed by atoms with Crippen LogP contribution in [0, 0.1) is 11.7 Å². The summed E-state index contributed by atoms with van der Waals surface area (Å²) in [5, 5.41) is 0. The van der Waals surface area contributed by atoms with Gasteiger partial charge in [0.15, 0.2) is 11.6 Å². The molecule has 0 aliphatic rings. The third-order valence-corrected chi connectivity index (χ3v) is 2.27. The van der Waals surface area contributed by atoms with Gasteiger partial charge >= 0.3 is 0 Å². The normalized spacial score (nSPS) is 10.1. The van der Waals surface area contributed by atoms with Crippen LogP contribution in [0.15, 0.2) is 23.2 Å². The topological polar surface area (TPSA) is 38.7 Å². The minimum atomic E-state index is -0.445. The molecule has 0 radical (unpaired) electrons. The maximum absolute atomic E-state index is 13.3. The van der Waals surface area contributed by atoms with Crippen molar-refractivity contribution in [3.8, 4) is 5.75 Å². The summed E-state index contributed by atoms with van der Waals surface area (Å²) in [6.07, 6.45) is 3.32. The molecule has 0 aliphatic carbocycles. The zero-order valence-corrected chi connectivity index (χ0v) is 10.1. The molecule has 3 nitrogen and oxygen atoms in total. The molecule has 17 heavy (non-hydrogen) atoms. The first-order valence-electron chi connectivity index (χ1n) is 5.63. The highest BCUT2D eigenvalue weighted by Crippen LogP contribution is 2.23. The molecule has 0 unspecified atom stereocenters. The Balaban J connectivity index is 2.57.